The minimum absolute atomic E-state index is 0.0745. The molecule has 1 aromatic carbocycles. The van der Waals surface area contributed by atoms with E-state index in [2.05, 4.69) is 15.9 Å². The highest BCUT2D eigenvalue weighted by molar-refractivity contribution is 9.10. The van der Waals surface area contributed by atoms with Gasteiger partial charge in [-0.2, -0.15) is 12.7 Å². The lowest BCUT2D eigenvalue weighted by Crippen LogP contribution is -2.44. The van der Waals surface area contributed by atoms with Gasteiger partial charge in [-0.25, -0.2) is 4.79 Å². The van der Waals surface area contributed by atoms with Crippen molar-refractivity contribution in [1.82, 2.24) is 4.31 Å². The van der Waals surface area contributed by atoms with E-state index in [1.807, 2.05) is 0 Å². The summed E-state index contributed by atoms with van der Waals surface area (Å²) < 4.78 is 40.7. The van der Waals surface area contributed by atoms with Crippen LogP contribution in [0, 0.1) is 0 Å². The fourth-order valence-electron chi connectivity index (χ4n) is 1.84. The summed E-state index contributed by atoms with van der Waals surface area (Å²) in [5.41, 5.74) is -0.325. The van der Waals surface area contributed by atoms with Gasteiger partial charge in [-0.3, -0.25) is 0 Å². The van der Waals surface area contributed by atoms with E-state index in [1.54, 1.807) is 32.9 Å². The van der Waals surface area contributed by atoms with Crippen LogP contribution in [0.4, 0.5) is 4.79 Å². The molecular formula is C13H16BrNO6S. The first-order chi connectivity index (χ1) is 10.0. The first kappa shape index (κ1) is 16.9. The molecule has 1 amide bonds. The van der Waals surface area contributed by atoms with E-state index >= 15 is 0 Å². The fourth-order valence-corrected chi connectivity index (χ4v) is 3.33. The maximum Gasteiger partial charge on any atom is 0.427 e. The molecule has 7 nitrogen and oxygen atoms in total. The molecule has 1 aromatic rings. The van der Waals surface area contributed by atoms with Gasteiger partial charge in [0.2, 0.25) is 0 Å². The van der Waals surface area contributed by atoms with Crippen molar-refractivity contribution in [3.05, 3.63) is 22.2 Å². The predicted molar refractivity (Wildman–Crippen MR) is 82.0 cm³/mol. The van der Waals surface area contributed by atoms with E-state index in [-0.39, 0.29) is 18.0 Å². The molecule has 0 bridgehead atoms. The summed E-state index contributed by atoms with van der Waals surface area (Å²) in [7, 11) is -2.89. The molecule has 0 spiro atoms. The Hall–Kier alpha value is -1.48. The summed E-state index contributed by atoms with van der Waals surface area (Å²) in [6, 6.07) is 3.24. The largest absolute Gasteiger partial charge is 0.493 e. The second-order valence-electron chi connectivity index (χ2n) is 5.62. The van der Waals surface area contributed by atoms with Crippen molar-refractivity contribution in [1.29, 1.82) is 0 Å². The van der Waals surface area contributed by atoms with Crippen molar-refractivity contribution < 1.29 is 26.9 Å². The SMILES string of the molecule is COc1cc(Br)cc2c1OS(=O)(=O)N(C(=O)OC(C)(C)C)C2. The molecule has 22 heavy (non-hydrogen) atoms. The van der Waals surface area contributed by atoms with Gasteiger partial charge in [0, 0.05) is 10.0 Å². The van der Waals surface area contributed by atoms with Gasteiger partial charge in [-0.1, -0.05) is 15.9 Å². The molecule has 1 aliphatic rings. The third-order valence-electron chi connectivity index (χ3n) is 2.69. The Morgan fingerprint density at radius 2 is 2.00 bits per heavy atom. The first-order valence-corrected chi connectivity index (χ1v) is 8.51. The minimum atomic E-state index is -4.29. The Labute approximate surface area is 137 Å². The average Bonchev–Trinajstić information content (AvgIpc) is 2.34. The third kappa shape index (κ3) is 3.46. The van der Waals surface area contributed by atoms with Gasteiger partial charge in [0.1, 0.15) is 5.60 Å². The Bertz CT molecular complexity index is 710. The number of rotatable bonds is 1. The molecule has 9 heteroatoms. The van der Waals surface area contributed by atoms with Crippen molar-refractivity contribution >= 4 is 32.3 Å². The number of carbonyl (C=O) groups is 1. The fraction of sp³-hybridized carbons (Fsp3) is 0.462. The molecule has 1 heterocycles. The number of carbonyl (C=O) groups excluding carboxylic acids is 1. The predicted octanol–water partition coefficient (Wildman–Crippen LogP) is 2.83. The Balaban J connectivity index is 2.42. The lowest BCUT2D eigenvalue weighted by molar-refractivity contribution is 0.0362. The Morgan fingerprint density at radius 1 is 1.36 bits per heavy atom. The van der Waals surface area contributed by atoms with E-state index in [9.17, 15) is 13.2 Å². The monoisotopic (exact) mass is 393 g/mol. The smallest absolute Gasteiger partial charge is 0.427 e. The van der Waals surface area contributed by atoms with Gasteiger partial charge < -0.3 is 13.7 Å². The van der Waals surface area contributed by atoms with Crippen molar-refractivity contribution in [2.45, 2.75) is 32.9 Å². The lowest BCUT2D eigenvalue weighted by atomic mass is 10.2. The minimum Gasteiger partial charge on any atom is -0.493 e. The van der Waals surface area contributed by atoms with E-state index in [4.69, 9.17) is 13.7 Å². The molecular weight excluding hydrogens is 378 g/mol. The zero-order valence-electron chi connectivity index (χ0n) is 12.5. The van der Waals surface area contributed by atoms with E-state index in [1.165, 1.54) is 7.11 Å². The molecule has 0 radical (unpaired) electrons. The molecule has 0 N–H and O–H groups in total. The summed E-state index contributed by atoms with van der Waals surface area (Å²) in [6.45, 7) is 4.75. The van der Waals surface area contributed by atoms with Gasteiger partial charge in [0.25, 0.3) is 0 Å². The number of nitrogens with zero attached hydrogens (tertiary/aromatic N) is 1. The topological polar surface area (TPSA) is 82.1 Å². The number of methoxy groups -OCH3 is 1. The van der Waals surface area contributed by atoms with Gasteiger partial charge in [0.15, 0.2) is 11.5 Å². The van der Waals surface area contributed by atoms with Gasteiger partial charge in [0.05, 0.1) is 13.7 Å². The Kier molecular flexibility index (Phi) is 4.31. The number of fused-ring (bicyclic) bond motifs is 1. The number of halogens is 1. The molecule has 1 aliphatic heterocycles. The zero-order valence-corrected chi connectivity index (χ0v) is 14.9. The van der Waals surface area contributed by atoms with Gasteiger partial charge in [-0.05, 0) is 32.9 Å². The molecule has 0 saturated heterocycles. The van der Waals surface area contributed by atoms with Crippen molar-refractivity contribution in [2.24, 2.45) is 0 Å². The highest BCUT2D eigenvalue weighted by Crippen LogP contribution is 2.40. The van der Waals surface area contributed by atoms with Crippen LogP contribution in [0.15, 0.2) is 16.6 Å². The van der Waals surface area contributed by atoms with Crippen LogP contribution in [0.1, 0.15) is 26.3 Å². The molecule has 0 aromatic heterocycles. The van der Waals surface area contributed by atoms with Crippen LogP contribution < -0.4 is 8.92 Å². The van der Waals surface area contributed by atoms with Crippen LogP contribution in [0.2, 0.25) is 0 Å². The maximum absolute atomic E-state index is 12.2. The lowest BCUT2D eigenvalue weighted by Gasteiger charge is -2.30. The summed E-state index contributed by atoms with van der Waals surface area (Å²) in [5.74, 6) is 0.335. The first-order valence-electron chi connectivity index (χ1n) is 6.35. The second-order valence-corrected chi connectivity index (χ2v) is 8.00. The molecule has 0 saturated carbocycles. The van der Waals surface area contributed by atoms with Crippen LogP contribution in [0.25, 0.3) is 0 Å². The molecule has 122 valence electrons. The van der Waals surface area contributed by atoms with Crippen molar-refractivity contribution in [2.75, 3.05) is 7.11 Å². The highest BCUT2D eigenvalue weighted by atomic mass is 79.9. The molecule has 0 unspecified atom stereocenters. The number of hydrogen-bond donors (Lipinski definition) is 0. The maximum atomic E-state index is 12.2. The summed E-state index contributed by atoms with van der Waals surface area (Å²) in [6.07, 6.45) is -0.989. The third-order valence-corrected chi connectivity index (χ3v) is 4.34. The van der Waals surface area contributed by atoms with Crippen LogP contribution in [-0.4, -0.2) is 31.5 Å². The van der Waals surface area contributed by atoms with Gasteiger partial charge >= 0.3 is 16.4 Å². The van der Waals surface area contributed by atoms with Crippen LogP contribution in [0.3, 0.4) is 0 Å². The highest BCUT2D eigenvalue weighted by Gasteiger charge is 2.39. The summed E-state index contributed by atoms with van der Waals surface area (Å²) >= 11 is 3.30. The van der Waals surface area contributed by atoms with Crippen LogP contribution in [0.5, 0.6) is 11.5 Å². The molecule has 0 atom stereocenters. The van der Waals surface area contributed by atoms with Gasteiger partial charge in [-0.15, -0.1) is 0 Å². The van der Waals surface area contributed by atoms with E-state index < -0.39 is 22.0 Å². The second kappa shape index (κ2) is 5.62. The molecule has 0 fully saturated rings. The normalized spacial score (nSPS) is 16.5. The van der Waals surface area contributed by atoms with E-state index in [0.717, 1.165) is 0 Å². The van der Waals surface area contributed by atoms with Crippen molar-refractivity contribution in [3.8, 4) is 11.5 Å². The number of benzene rings is 1. The standard InChI is InChI=1S/C13H16BrNO6S/c1-13(2,3)20-12(16)15-7-8-5-9(14)6-10(19-4)11(8)21-22(15,17)18/h5-6H,7H2,1-4H3. The number of hydrogen-bond acceptors (Lipinski definition) is 6. The Morgan fingerprint density at radius 3 is 2.55 bits per heavy atom. The van der Waals surface area contributed by atoms with Crippen LogP contribution >= 0.6 is 15.9 Å². The summed E-state index contributed by atoms with van der Waals surface area (Å²) in [4.78, 5) is 12.1. The molecule has 0 aliphatic carbocycles. The van der Waals surface area contributed by atoms with Crippen LogP contribution in [-0.2, 0) is 21.6 Å². The number of amides is 1. The average molecular weight is 394 g/mol. The van der Waals surface area contributed by atoms with E-state index in [0.29, 0.717) is 14.3 Å². The molecule has 2 rings (SSSR count). The quantitative estimate of drug-likeness (QED) is 0.729. The summed E-state index contributed by atoms with van der Waals surface area (Å²) in [5, 5.41) is 0. The van der Waals surface area contributed by atoms with Crippen molar-refractivity contribution in [3.63, 3.8) is 0 Å². The number of ether oxygens (including phenoxy) is 2. The zero-order chi connectivity index (χ0) is 16.7.